The molecule has 9 nitrogen and oxygen atoms in total. The lowest BCUT2D eigenvalue weighted by atomic mass is 9.97. The number of rotatable bonds is 4. The monoisotopic (exact) mass is 558 g/mol. The van der Waals surface area contributed by atoms with E-state index < -0.39 is 0 Å². The largest absolute Gasteiger partial charge is 0.454 e. The van der Waals surface area contributed by atoms with Crippen molar-refractivity contribution >= 4 is 28.0 Å². The number of ether oxygens (including phenoxy) is 6. The zero-order valence-electron chi connectivity index (χ0n) is 18.9. The van der Waals surface area contributed by atoms with Crippen LogP contribution in [-0.2, 0) is 0 Å². The Balaban J connectivity index is 1.38. The van der Waals surface area contributed by atoms with Gasteiger partial charge in [-0.15, -0.1) is 0 Å². The van der Waals surface area contributed by atoms with Crippen LogP contribution in [0.25, 0.3) is 22.5 Å². The van der Waals surface area contributed by atoms with Crippen LogP contribution in [0.2, 0.25) is 0 Å². The fourth-order valence-corrected chi connectivity index (χ4v) is 4.77. The highest BCUT2D eigenvalue weighted by atomic mass is 79.9. The van der Waals surface area contributed by atoms with E-state index in [0.717, 1.165) is 15.6 Å². The fraction of sp³-hybridized carbons (Fsp3) is 0.111. The Morgan fingerprint density at radius 3 is 1.97 bits per heavy atom. The number of hydrogen-bond acceptors (Lipinski definition) is 9. The lowest BCUT2D eigenvalue weighted by Crippen LogP contribution is -1.93. The number of nitriles is 1. The van der Waals surface area contributed by atoms with Crippen molar-refractivity contribution in [1.82, 2.24) is 0 Å². The van der Waals surface area contributed by atoms with Gasteiger partial charge in [-0.2, -0.15) is 5.26 Å². The second kappa shape index (κ2) is 8.50. The van der Waals surface area contributed by atoms with E-state index in [1.54, 1.807) is 6.21 Å². The van der Waals surface area contributed by atoms with Crippen molar-refractivity contribution in [3.63, 3.8) is 0 Å². The van der Waals surface area contributed by atoms with E-state index in [0.29, 0.717) is 51.4 Å². The van der Waals surface area contributed by atoms with Crippen LogP contribution < -0.4 is 28.4 Å². The molecule has 7 rings (SSSR count). The Morgan fingerprint density at radius 2 is 1.30 bits per heavy atom. The standard InChI is InChI=1S/C27H15BrN2O7/c28-18-8-24-23(35-13-36-24)7-16(18)10-30-27-17(9-29)25(14-1-3-19-21(5-14)33-11-31-19)26(37-27)15-2-4-20-22(6-15)34-12-32-20/h1-8,10H,11-13H2. The van der Waals surface area contributed by atoms with E-state index in [9.17, 15) is 5.26 Å². The highest BCUT2D eigenvalue weighted by molar-refractivity contribution is 9.10. The summed E-state index contributed by atoms with van der Waals surface area (Å²) in [7, 11) is 0. The SMILES string of the molecule is N#Cc1c(N=Cc2cc3c(cc2Br)OCO3)oc(-c2ccc3c(c2)OCO3)c1-c1ccc2c(c1)OCO2. The first-order valence-electron chi connectivity index (χ1n) is 11.2. The number of fused-ring (bicyclic) bond motifs is 3. The van der Waals surface area contributed by atoms with Crippen molar-refractivity contribution in [1.29, 1.82) is 5.26 Å². The van der Waals surface area contributed by atoms with E-state index >= 15 is 0 Å². The zero-order chi connectivity index (χ0) is 24.9. The number of nitrogens with zero attached hydrogens (tertiary/aromatic N) is 2. The minimum Gasteiger partial charge on any atom is -0.454 e. The van der Waals surface area contributed by atoms with Gasteiger partial charge in [-0.1, -0.05) is 6.07 Å². The van der Waals surface area contributed by atoms with Gasteiger partial charge >= 0.3 is 0 Å². The lowest BCUT2D eigenvalue weighted by molar-refractivity contribution is 0.173. The molecule has 0 spiro atoms. The maximum absolute atomic E-state index is 10.2. The molecule has 0 radical (unpaired) electrons. The molecule has 0 N–H and O–H groups in total. The smallest absolute Gasteiger partial charge is 0.238 e. The first-order valence-corrected chi connectivity index (χ1v) is 12.0. The summed E-state index contributed by atoms with van der Waals surface area (Å²) in [5.41, 5.74) is 3.03. The van der Waals surface area contributed by atoms with Gasteiger partial charge < -0.3 is 32.8 Å². The molecule has 1 aromatic heterocycles. The molecular weight excluding hydrogens is 544 g/mol. The van der Waals surface area contributed by atoms with Crippen molar-refractivity contribution < 1.29 is 32.8 Å². The Morgan fingerprint density at radius 1 is 0.730 bits per heavy atom. The third kappa shape index (κ3) is 3.63. The number of benzene rings is 3. The molecule has 4 heterocycles. The van der Waals surface area contributed by atoms with Gasteiger partial charge in [-0.3, -0.25) is 0 Å². The zero-order valence-corrected chi connectivity index (χ0v) is 20.5. The molecule has 3 aliphatic rings. The summed E-state index contributed by atoms with van der Waals surface area (Å²) in [4.78, 5) is 4.56. The van der Waals surface area contributed by atoms with Crippen molar-refractivity contribution in [3.05, 3.63) is 64.1 Å². The average Bonchev–Trinajstić information content (AvgIpc) is 3.71. The second-order valence-corrected chi connectivity index (χ2v) is 9.07. The summed E-state index contributed by atoms with van der Waals surface area (Å²) in [5.74, 6) is 4.36. The average molecular weight is 559 g/mol. The maximum atomic E-state index is 10.2. The van der Waals surface area contributed by atoms with Crippen LogP contribution in [0.4, 0.5) is 5.88 Å². The molecule has 3 aromatic carbocycles. The molecule has 0 bridgehead atoms. The molecule has 0 fully saturated rings. The second-order valence-electron chi connectivity index (χ2n) is 8.22. The third-order valence-corrected chi connectivity index (χ3v) is 6.80. The van der Waals surface area contributed by atoms with Crippen molar-refractivity contribution in [2.45, 2.75) is 0 Å². The van der Waals surface area contributed by atoms with E-state index in [-0.39, 0.29) is 31.8 Å². The molecule has 182 valence electrons. The molecule has 4 aromatic rings. The van der Waals surface area contributed by atoms with Crippen molar-refractivity contribution in [3.8, 4) is 63.0 Å². The quantitative estimate of drug-likeness (QED) is 0.273. The number of halogens is 1. The minimum absolute atomic E-state index is 0.143. The molecule has 0 atom stereocenters. The van der Waals surface area contributed by atoms with Crippen LogP contribution in [0.3, 0.4) is 0 Å². The molecule has 0 unspecified atom stereocenters. The fourth-order valence-electron chi connectivity index (χ4n) is 4.34. The summed E-state index contributed by atoms with van der Waals surface area (Å²) in [5, 5.41) is 10.2. The van der Waals surface area contributed by atoms with E-state index in [4.69, 9.17) is 32.8 Å². The van der Waals surface area contributed by atoms with Gasteiger partial charge in [0.25, 0.3) is 0 Å². The van der Waals surface area contributed by atoms with Gasteiger partial charge in [0.1, 0.15) is 17.4 Å². The predicted octanol–water partition coefficient (Wildman–Crippen LogP) is 6.18. The first-order chi connectivity index (χ1) is 18.2. The molecular formula is C27H15BrN2O7. The number of aliphatic imine (C=N–C) groups is 1. The van der Waals surface area contributed by atoms with E-state index in [1.165, 1.54) is 0 Å². The molecule has 37 heavy (non-hydrogen) atoms. The van der Waals surface area contributed by atoms with Gasteiger partial charge in [-0.25, -0.2) is 4.99 Å². The van der Waals surface area contributed by atoms with Crippen LogP contribution in [-0.4, -0.2) is 26.6 Å². The van der Waals surface area contributed by atoms with Crippen LogP contribution in [0.1, 0.15) is 11.1 Å². The number of furan rings is 1. The van der Waals surface area contributed by atoms with Gasteiger partial charge in [0, 0.05) is 27.4 Å². The Hall–Kier alpha value is -4.62. The maximum Gasteiger partial charge on any atom is 0.238 e. The topological polar surface area (TPSA) is 105 Å². The Labute approximate surface area is 218 Å². The first kappa shape index (κ1) is 21.6. The Kier molecular flexibility index (Phi) is 4.97. The molecule has 0 saturated heterocycles. The summed E-state index contributed by atoms with van der Waals surface area (Å²) in [6.45, 7) is 0.455. The van der Waals surface area contributed by atoms with Gasteiger partial charge in [0.15, 0.2) is 34.5 Å². The molecule has 0 aliphatic carbocycles. The summed E-state index contributed by atoms with van der Waals surface area (Å²) in [6.07, 6.45) is 1.61. The number of hydrogen-bond donors (Lipinski definition) is 0. The van der Waals surface area contributed by atoms with Crippen molar-refractivity contribution in [2.24, 2.45) is 4.99 Å². The van der Waals surface area contributed by atoms with Crippen LogP contribution in [0.15, 0.2) is 62.4 Å². The van der Waals surface area contributed by atoms with Crippen molar-refractivity contribution in [2.75, 3.05) is 20.4 Å². The minimum atomic E-state index is 0.143. The van der Waals surface area contributed by atoms with Gasteiger partial charge in [0.05, 0.1) is 0 Å². The summed E-state index contributed by atoms with van der Waals surface area (Å²) in [6, 6.07) is 16.9. The van der Waals surface area contributed by atoms with Crippen LogP contribution >= 0.6 is 15.9 Å². The normalized spacial score (nSPS) is 14.4. The highest BCUT2D eigenvalue weighted by Gasteiger charge is 2.26. The van der Waals surface area contributed by atoms with Crippen LogP contribution in [0.5, 0.6) is 34.5 Å². The highest BCUT2D eigenvalue weighted by Crippen LogP contribution is 2.47. The Bertz CT molecular complexity index is 1650. The third-order valence-electron chi connectivity index (χ3n) is 6.11. The predicted molar refractivity (Wildman–Crippen MR) is 134 cm³/mol. The van der Waals surface area contributed by atoms with Crippen LogP contribution in [0, 0.1) is 11.3 Å². The van der Waals surface area contributed by atoms with E-state index in [1.807, 2.05) is 48.5 Å². The molecule has 10 heteroatoms. The molecule has 0 amide bonds. The lowest BCUT2D eigenvalue weighted by Gasteiger charge is -2.06. The van der Waals surface area contributed by atoms with Gasteiger partial charge in [0.2, 0.25) is 26.3 Å². The molecule has 3 aliphatic heterocycles. The summed E-state index contributed by atoms with van der Waals surface area (Å²) >= 11 is 3.54. The van der Waals surface area contributed by atoms with E-state index in [2.05, 4.69) is 27.0 Å². The molecule has 0 saturated carbocycles. The van der Waals surface area contributed by atoms with Gasteiger partial charge in [-0.05, 0) is 64.0 Å². The summed E-state index contributed by atoms with van der Waals surface area (Å²) < 4.78 is 40.0.